The fourth-order valence-corrected chi connectivity index (χ4v) is 1.93. The first-order valence-electron chi connectivity index (χ1n) is 7.07. The van der Waals surface area contributed by atoms with E-state index in [1.54, 1.807) is 24.3 Å². The van der Waals surface area contributed by atoms with Gasteiger partial charge < -0.3 is 10.2 Å². The van der Waals surface area contributed by atoms with Crippen LogP contribution in [0.5, 0.6) is 0 Å². The first-order valence-corrected chi connectivity index (χ1v) is 7.07. The van der Waals surface area contributed by atoms with Gasteiger partial charge in [-0.3, -0.25) is 9.79 Å². The topological polar surface area (TPSA) is 87.0 Å². The normalized spacial score (nSPS) is 11.4. The molecule has 0 bridgehead atoms. The van der Waals surface area contributed by atoms with Gasteiger partial charge in [0.05, 0.1) is 5.56 Å². The van der Waals surface area contributed by atoms with Gasteiger partial charge in [-0.25, -0.2) is 4.79 Å². The molecule has 2 N–H and O–H groups in total. The standard InChI is InChI=1S/C16H21NO4/c1-12(13-7-9-14(10-8-13)16(20)21)17-11-5-3-2-4-6-15(18)19/h7-10H,2-6,11H2,1H3,(H,18,19)(H,20,21). The lowest BCUT2D eigenvalue weighted by Crippen LogP contribution is -2.00. The van der Waals surface area contributed by atoms with Crippen LogP contribution in [0.4, 0.5) is 0 Å². The molecule has 114 valence electrons. The lowest BCUT2D eigenvalue weighted by Gasteiger charge is -2.02. The van der Waals surface area contributed by atoms with Crippen LogP contribution in [0.2, 0.25) is 0 Å². The molecule has 0 spiro atoms. The third kappa shape index (κ3) is 6.70. The van der Waals surface area contributed by atoms with Gasteiger partial charge in [-0.15, -0.1) is 0 Å². The maximum Gasteiger partial charge on any atom is 0.335 e. The highest BCUT2D eigenvalue weighted by molar-refractivity contribution is 5.99. The molecule has 21 heavy (non-hydrogen) atoms. The molecule has 1 rings (SSSR count). The van der Waals surface area contributed by atoms with E-state index in [1.165, 1.54) is 0 Å². The Balaban J connectivity index is 2.32. The molecule has 5 nitrogen and oxygen atoms in total. The van der Waals surface area contributed by atoms with Crippen molar-refractivity contribution in [1.29, 1.82) is 0 Å². The number of benzene rings is 1. The van der Waals surface area contributed by atoms with E-state index in [0.717, 1.165) is 30.5 Å². The summed E-state index contributed by atoms with van der Waals surface area (Å²) in [7, 11) is 0. The molecule has 0 aliphatic heterocycles. The zero-order chi connectivity index (χ0) is 15.7. The molecular weight excluding hydrogens is 270 g/mol. The highest BCUT2D eigenvalue weighted by Crippen LogP contribution is 2.07. The number of aliphatic carboxylic acids is 1. The van der Waals surface area contributed by atoms with Gasteiger partial charge in [0, 0.05) is 18.7 Å². The first-order chi connectivity index (χ1) is 10.0. The van der Waals surface area contributed by atoms with Crippen LogP contribution in [0.25, 0.3) is 0 Å². The fraction of sp³-hybridized carbons (Fsp3) is 0.438. The first kappa shape index (κ1) is 16.9. The van der Waals surface area contributed by atoms with Crippen LogP contribution in [-0.4, -0.2) is 34.4 Å². The van der Waals surface area contributed by atoms with Crippen LogP contribution in [0.15, 0.2) is 29.3 Å². The molecule has 0 fully saturated rings. The van der Waals surface area contributed by atoms with Crippen molar-refractivity contribution in [2.24, 2.45) is 4.99 Å². The molecule has 0 unspecified atom stereocenters. The van der Waals surface area contributed by atoms with Crippen LogP contribution in [0, 0.1) is 0 Å². The van der Waals surface area contributed by atoms with Gasteiger partial charge in [0.1, 0.15) is 0 Å². The van der Waals surface area contributed by atoms with E-state index < -0.39 is 11.9 Å². The van der Waals surface area contributed by atoms with Crippen molar-refractivity contribution in [2.45, 2.75) is 39.0 Å². The molecule has 0 heterocycles. The Labute approximate surface area is 124 Å². The summed E-state index contributed by atoms with van der Waals surface area (Å²) in [6.07, 6.45) is 3.77. The Bertz CT molecular complexity index is 506. The summed E-state index contributed by atoms with van der Waals surface area (Å²) in [6.45, 7) is 2.61. The average molecular weight is 291 g/mol. The van der Waals surface area contributed by atoms with Gasteiger partial charge in [0.2, 0.25) is 0 Å². The number of unbranched alkanes of at least 4 members (excludes halogenated alkanes) is 3. The summed E-state index contributed by atoms with van der Waals surface area (Å²) < 4.78 is 0. The van der Waals surface area contributed by atoms with E-state index >= 15 is 0 Å². The number of carboxylic acids is 2. The number of carboxylic acid groups (broad SMARTS) is 2. The van der Waals surface area contributed by atoms with Crippen LogP contribution in [0.1, 0.15) is 54.9 Å². The van der Waals surface area contributed by atoms with E-state index in [2.05, 4.69) is 4.99 Å². The van der Waals surface area contributed by atoms with E-state index in [4.69, 9.17) is 10.2 Å². The molecule has 0 saturated heterocycles. The van der Waals surface area contributed by atoms with Gasteiger partial charge in [-0.05, 0) is 37.5 Å². The van der Waals surface area contributed by atoms with Gasteiger partial charge in [-0.2, -0.15) is 0 Å². The van der Waals surface area contributed by atoms with Crippen LogP contribution in [-0.2, 0) is 4.79 Å². The van der Waals surface area contributed by atoms with Crippen LogP contribution in [0.3, 0.4) is 0 Å². The van der Waals surface area contributed by atoms with E-state index in [-0.39, 0.29) is 12.0 Å². The number of aliphatic imine (C=N–C) groups is 1. The Morgan fingerprint density at radius 1 is 0.952 bits per heavy atom. The van der Waals surface area contributed by atoms with E-state index in [9.17, 15) is 9.59 Å². The molecule has 5 heteroatoms. The lowest BCUT2D eigenvalue weighted by atomic mass is 10.1. The molecule has 0 aliphatic carbocycles. The SMILES string of the molecule is CC(=NCCCCCCC(=O)O)c1ccc(C(=O)O)cc1. The fourth-order valence-electron chi connectivity index (χ4n) is 1.93. The third-order valence-corrected chi connectivity index (χ3v) is 3.20. The Morgan fingerprint density at radius 2 is 1.52 bits per heavy atom. The number of aromatic carboxylic acids is 1. The summed E-state index contributed by atoms with van der Waals surface area (Å²) in [5.74, 6) is -1.67. The number of nitrogens with zero attached hydrogens (tertiary/aromatic N) is 1. The third-order valence-electron chi connectivity index (χ3n) is 3.20. The number of carbonyl (C=O) groups is 2. The molecule has 0 saturated carbocycles. The predicted molar refractivity (Wildman–Crippen MR) is 81.2 cm³/mol. The second kappa shape index (κ2) is 8.89. The molecule has 0 aliphatic rings. The lowest BCUT2D eigenvalue weighted by molar-refractivity contribution is -0.137. The predicted octanol–water partition coefficient (Wildman–Crippen LogP) is 3.23. The van der Waals surface area contributed by atoms with Crippen molar-refractivity contribution >= 4 is 17.7 Å². The number of hydrogen-bond acceptors (Lipinski definition) is 3. The quantitative estimate of drug-likeness (QED) is 0.540. The number of hydrogen-bond donors (Lipinski definition) is 2. The maximum absolute atomic E-state index is 10.8. The zero-order valence-corrected chi connectivity index (χ0v) is 12.2. The Hall–Kier alpha value is -2.17. The summed E-state index contributed by atoms with van der Waals surface area (Å²) in [4.78, 5) is 25.6. The summed E-state index contributed by atoms with van der Waals surface area (Å²) >= 11 is 0. The Kier molecular flexibility index (Phi) is 7.15. The maximum atomic E-state index is 10.8. The minimum Gasteiger partial charge on any atom is -0.481 e. The van der Waals surface area contributed by atoms with Crippen molar-refractivity contribution in [3.63, 3.8) is 0 Å². The smallest absolute Gasteiger partial charge is 0.335 e. The minimum atomic E-state index is -0.933. The summed E-state index contributed by atoms with van der Waals surface area (Å²) in [5.41, 5.74) is 2.08. The zero-order valence-electron chi connectivity index (χ0n) is 12.2. The van der Waals surface area contributed by atoms with Crippen molar-refractivity contribution in [1.82, 2.24) is 0 Å². The molecule has 0 aromatic heterocycles. The summed E-state index contributed by atoms with van der Waals surface area (Å²) in [6, 6.07) is 6.66. The van der Waals surface area contributed by atoms with Crippen molar-refractivity contribution in [3.05, 3.63) is 35.4 Å². The van der Waals surface area contributed by atoms with E-state index in [1.807, 2.05) is 6.92 Å². The molecule has 0 atom stereocenters. The molecule has 0 radical (unpaired) electrons. The molecule has 1 aromatic rings. The van der Waals surface area contributed by atoms with Gasteiger partial charge in [-0.1, -0.05) is 25.0 Å². The summed E-state index contributed by atoms with van der Waals surface area (Å²) in [5, 5.41) is 17.3. The second-order valence-corrected chi connectivity index (χ2v) is 4.91. The number of rotatable bonds is 9. The van der Waals surface area contributed by atoms with Gasteiger partial charge >= 0.3 is 11.9 Å². The van der Waals surface area contributed by atoms with Gasteiger partial charge in [0.25, 0.3) is 0 Å². The van der Waals surface area contributed by atoms with Gasteiger partial charge in [0.15, 0.2) is 0 Å². The van der Waals surface area contributed by atoms with Crippen LogP contribution >= 0.6 is 0 Å². The highest BCUT2D eigenvalue weighted by Gasteiger charge is 2.03. The Morgan fingerprint density at radius 3 is 2.10 bits per heavy atom. The molecule has 0 amide bonds. The highest BCUT2D eigenvalue weighted by atomic mass is 16.4. The van der Waals surface area contributed by atoms with E-state index in [0.29, 0.717) is 13.0 Å². The average Bonchev–Trinajstić information content (AvgIpc) is 2.45. The van der Waals surface area contributed by atoms with Crippen molar-refractivity contribution in [3.8, 4) is 0 Å². The molecule has 1 aromatic carbocycles. The largest absolute Gasteiger partial charge is 0.481 e. The molecular formula is C16H21NO4. The van der Waals surface area contributed by atoms with Crippen molar-refractivity contribution < 1.29 is 19.8 Å². The monoisotopic (exact) mass is 291 g/mol. The van der Waals surface area contributed by atoms with Crippen LogP contribution < -0.4 is 0 Å². The second-order valence-electron chi connectivity index (χ2n) is 4.91. The van der Waals surface area contributed by atoms with Crippen molar-refractivity contribution in [2.75, 3.05) is 6.54 Å². The minimum absolute atomic E-state index is 0.234.